The van der Waals surface area contributed by atoms with Crippen LogP contribution in [-0.2, 0) is 4.74 Å². The Morgan fingerprint density at radius 2 is 2.32 bits per heavy atom. The predicted molar refractivity (Wildman–Crippen MR) is 74.5 cm³/mol. The lowest BCUT2D eigenvalue weighted by atomic mass is 10.0. The second-order valence-corrected chi connectivity index (χ2v) is 5.20. The zero-order valence-electron chi connectivity index (χ0n) is 11.9. The van der Waals surface area contributed by atoms with Gasteiger partial charge in [-0.25, -0.2) is 0 Å². The van der Waals surface area contributed by atoms with E-state index < -0.39 is 6.10 Å². The Bertz CT molecular complexity index is 422. The highest BCUT2D eigenvalue weighted by Crippen LogP contribution is 2.27. The molecule has 0 aromatic heterocycles. The molecular formula is C15H23NO3. The first-order chi connectivity index (χ1) is 9.10. The average molecular weight is 265 g/mol. The minimum absolute atomic E-state index is 0.236. The highest BCUT2D eigenvalue weighted by atomic mass is 16.5. The van der Waals surface area contributed by atoms with Crippen molar-refractivity contribution in [2.24, 2.45) is 0 Å². The molecule has 0 bridgehead atoms. The van der Waals surface area contributed by atoms with E-state index in [4.69, 9.17) is 9.47 Å². The normalized spacial score (nSPS) is 22.2. The number of β-amino-alcohol motifs (C(OH)–C–C–N with tert-alkyl or cyclic N) is 1. The molecule has 2 atom stereocenters. The standard InChI is InChI=1S/C15H23NO3/c1-11-4-5-15(18-3)13(8-11)14(17)10-16-6-7-19-12(2)9-16/h4-5,8,12,14,17H,6-7,9-10H2,1-3H3. The lowest BCUT2D eigenvalue weighted by Gasteiger charge is -2.32. The van der Waals surface area contributed by atoms with Crippen LogP contribution in [0.5, 0.6) is 5.75 Å². The molecule has 1 fully saturated rings. The molecule has 2 unspecified atom stereocenters. The van der Waals surface area contributed by atoms with E-state index in [2.05, 4.69) is 11.8 Å². The van der Waals surface area contributed by atoms with Crippen molar-refractivity contribution in [1.82, 2.24) is 4.90 Å². The van der Waals surface area contributed by atoms with E-state index in [1.165, 1.54) is 0 Å². The van der Waals surface area contributed by atoms with Gasteiger partial charge in [0.05, 0.1) is 25.9 Å². The number of aliphatic hydroxyl groups is 1. The largest absolute Gasteiger partial charge is 0.496 e. The summed E-state index contributed by atoms with van der Waals surface area (Å²) in [6.45, 7) is 7.17. The van der Waals surface area contributed by atoms with Gasteiger partial charge in [0.2, 0.25) is 0 Å². The number of nitrogens with zero attached hydrogens (tertiary/aromatic N) is 1. The zero-order valence-corrected chi connectivity index (χ0v) is 11.9. The number of aliphatic hydroxyl groups excluding tert-OH is 1. The second-order valence-electron chi connectivity index (χ2n) is 5.20. The number of hydrogen-bond donors (Lipinski definition) is 1. The van der Waals surface area contributed by atoms with Crippen molar-refractivity contribution in [2.75, 3.05) is 33.4 Å². The number of aryl methyl sites for hydroxylation is 1. The smallest absolute Gasteiger partial charge is 0.124 e. The van der Waals surface area contributed by atoms with Crippen molar-refractivity contribution in [3.05, 3.63) is 29.3 Å². The van der Waals surface area contributed by atoms with E-state index in [0.717, 1.165) is 36.6 Å². The molecule has 4 nitrogen and oxygen atoms in total. The molecule has 1 aliphatic rings. The molecule has 106 valence electrons. The van der Waals surface area contributed by atoms with Crippen LogP contribution in [0, 0.1) is 6.92 Å². The molecule has 1 aromatic rings. The van der Waals surface area contributed by atoms with E-state index in [1.54, 1.807) is 7.11 Å². The van der Waals surface area contributed by atoms with E-state index >= 15 is 0 Å². The molecule has 1 aliphatic heterocycles. The van der Waals surface area contributed by atoms with Crippen molar-refractivity contribution < 1.29 is 14.6 Å². The molecule has 2 rings (SSSR count). The quantitative estimate of drug-likeness (QED) is 0.900. The maximum atomic E-state index is 10.4. The third-order valence-corrected chi connectivity index (χ3v) is 3.50. The lowest BCUT2D eigenvalue weighted by molar-refractivity contribution is -0.0320. The maximum Gasteiger partial charge on any atom is 0.124 e. The van der Waals surface area contributed by atoms with Crippen LogP contribution in [0.2, 0.25) is 0 Å². The Morgan fingerprint density at radius 3 is 3.00 bits per heavy atom. The zero-order chi connectivity index (χ0) is 13.8. The van der Waals surface area contributed by atoms with Gasteiger partial charge in [-0.15, -0.1) is 0 Å². The first kappa shape index (κ1) is 14.3. The van der Waals surface area contributed by atoms with Gasteiger partial charge in [0, 0.05) is 25.2 Å². The molecule has 1 N–H and O–H groups in total. The molecule has 0 amide bonds. The number of hydrogen-bond acceptors (Lipinski definition) is 4. The third-order valence-electron chi connectivity index (χ3n) is 3.50. The summed E-state index contributed by atoms with van der Waals surface area (Å²) in [6, 6.07) is 5.90. The van der Waals surface area contributed by atoms with Gasteiger partial charge in [-0.05, 0) is 26.0 Å². The highest BCUT2D eigenvalue weighted by Gasteiger charge is 2.21. The number of morpholine rings is 1. The fraction of sp³-hybridized carbons (Fsp3) is 0.600. The third kappa shape index (κ3) is 3.69. The van der Waals surface area contributed by atoms with Gasteiger partial charge >= 0.3 is 0 Å². The Balaban J connectivity index is 2.06. The topological polar surface area (TPSA) is 41.9 Å². The van der Waals surface area contributed by atoms with Gasteiger partial charge in [-0.2, -0.15) is 0 Å². The Hall–Kier alpha value is -1.10. The van der Waals surface area contributed by atoms with Crippen LogP contribution in [0.1, 0.15) is 24.2 Å². The molecular weight excluding hydrogens is 242 g/mol. The molecule has 0 radical (unpaired) electrons. The van der Waals surface area contributed by atoms with Crippen LogP contribution in [0.15, 0.2) is 18.2 Å². The molecule has 0 saturated carbocycles. The fourth-order valence-corrected chi connectivity index (χ4v) is 2.51. The Labute approximate surface area is 114 Å². The Morgan fingerprint density at radius 1 is 1.53 bits per heavy atom. The van der Waals surface area contributed by atoms with Crippen molar-refractivity contribution in [2.45, 2.75) is 26.1 Å². The van der Waals surface area contributed by atoms with Crippen molar-refractivity contribution in [1.29, 1.82) is 0 Å². The molecule has 0 spiro atoms. The van der Waals surface area contributed by atoms with Crippen molar-refractivity contribution in [3.63, 3.8) is 0 Å². The molecule has 19 heavy (non-hydrogen) atoms. The van der Waals surface area contributed by atoms with Gasteiger partial charge in [0.25, 0.3) is 0 Å². The summed E-state index contributed by atoms with van der Waals surface area (Å²) in [6.07, 6.45) is -0.291. The maximum absolute atomic E-state index is 10.4. The van der Waals surface area contributed by atoms with Crippen LogP contribution in [-0.4, -0.2) is 49.5 Å². The molecule has 1 saturated heterocycles. The van der Waals surface area contributed by atoms with Crippen molar-refractivity contribution in [3.8, 4) is 5.75 Å². The summed E-state index contributed by atoms with van der Waals surface area (Å²) < 4.78 is 10.8. The van der Waals surface area contributed by atoms with Crippen LogP contribution >= 0.6 is 0 Å². The first-order valence-corrected chi connectivity index (χ1v) is 6.76. The SMILES string of the molecule is COc1ccc(C)cc1C(O)CN1CCOC(C)C1. The van der Waals surface area contributed by atoms with E-state index in [9.17, 15) is 5.11 Å². The van der Waals surface area contributed by atoms with E-state index in [0.29, 0.717) is 6.54 Å². The molecule has 1 aromatic carbocycles. The highest BCUT2D eigenvalue weighted by molar-refractivity contribution is 5.38. The molecule has 0 aliphatic carbocycles. The van der Waals surface area contributed by atoms with Gasteiger partial charge < -0.3 is 14.6 Å². The number of methoxy groups -OCH3 is 1. The molecule has 4 heteroatoms. The van der Waals surface area contributed by atoms with Gasteiger partial charge in [0.15, 0.2) is 0 Å². The van der Waals surface area contributed by atoms with E-state index in [1.807, 2.05) is 25.1 Å². The van der Waals surface area contributed by atoms with Crippen LogP contribution in [0.3, 0.4) is 0 Å². The number of rotatable bonds is 4. The van der Waals surface area contributed by atoms with Crippen molar-refractivity contribution >= 4 is 0 Å². The number of ether oxygens (including phenoxy) is 2. The van der Waals surface area contributed by atoms with Gasteiger partial charge in [0.1, 0.15) is 5.75 Å². The van der Waals surface area contributed by atoms with Crippen LogP contribution in [0.25, 0.3) is 0 Å². The summed E-state index contributed by atoms with van der Waals surface area (Å²) in [4.78, 5) is 2.24. The minimum atomic E-state index is -0.528. The lowest BCUT2D eigenvalue weighted by Crippen LogP contribution is -2.42. The monoisotopic (exact) mass is 265 g/mol. The Kier molecular flexibility index (Phi) is 4.80. The summed E-state index contributed by atoms with van der Waals surface area (Å²) in [7, 11) is 1.64. The minimum Gasteiger partial charge on any atom is -0.496 e. The van der Waals surface area contributed by atoms with Gasteiger partial charge in [-0.1, -0.05) is 11.6 Å². The molecule has 1 heterocycles. The predicted octanol–water partition coefficient (Wildman–Crippen LogP) is 1.76. The van der Waals surface area contributed by atoms with Crippen LogP contribution in [0.4, 0.5) is 0 Å². The fourth-order valence-electron chi connectivity index (χ4n) is 2.51. The van der Waals surface area contributed by atoms with E-state index in [-0.39, 0.29) is 6.10 Å². The summed E-state index contributed by atoms with van der Waals surface area (Å²) >= 11 is 0. The summed E-state index contributed by atoms with van der Waals surface area (Å²) in [5, 5.41) is 10.4. The summed E-state index contributed by atoms with van der Waals surface area (Å²) in [5.74, 6) is 0.749. The van der Waals surface area contributed by atoms with Gasteiger partial charge in [-0.3, -0.25) is 4.90 Å². The van der Waals surface area contributed by atoms with Crippen LogP contribution < -0.4 is 4.74 Å². The average Bonchev–Trinajstić information content (AvgIpc) is 2.38. The number of benzene rings is 1. The first-order valence-electron chi connectivity index (χ1n) is 6.76. The second kappa shape index (κ2) is 6.37. The summed E-state index contributed by atoms with van der Waals surface area (Å²) in [5.41, 5.74) is 1.99.